The van der Waals surface area contributed by atoms with Gasteiger partial charge in [-0.2, -0.15) is 0 Å². The molecule has 1 aliphatic rings. The van der Waals surface area contributed by atoms with E-state index in [1.807, 2.05) is 18.2 Å². The molecule has 0 bridgehead atoms. The van der Waals surface area contributed by atoms with Crippen molar-refractivity contribution in [3.63, 3.8) is 0 Å². The first kappa shape index (κ1) is 15.4. The molecule has 0 unspecified atom stereocenters. The summed E-state index contributed by atoms with van der Waals surface area (Å²) in [6.45, 7) is 3.93. The number of ether oxygens (including phenoxy) is 1. The molecule has 6 heteroatoms. The van der Waals surface area contributed by atoms with Crippen LogP contribution >= 0.6 is 0 Å². The van der Waals surface area contributed by atoms with Crippen LogP contribution in [0.3, 0.4) is 0 Å². The van der Waals surface area contributed by atoms with Gasteiger partial charge in [-0.05, 0) is 31.0 Å². The zero-order valence-corrected chi connectivity index (χ0v) is 13.3. The molecule has 1 N–H and O–H groups in total. The third kappa shape index (κ3) is 3.32. The van der Waals surface area contributed by atoms with Gasteiger partial charge in [0.25, 0.3) is 5.56 Å². The van der Waals surface area contributed by atoms with Crippen molar-refractivity contribution in [2.45, 2.75) is 26.4 Å². The van der Waals surface area contributed by atoms with Gasteiger partial charge in [-0.1, -0.05) is 12.1 Å². The van der Waals surface area contributed by atoms with E-state index < -0.39 is 0 Å². The Morgan fingerprint density at radius 1 is 1.43 bits per heavy atom. The molecule has 0 aliphatic carbocycles. The van der Waals surface area contributed by atoms with Gasteiger partial charge in [0, 0.05) is 25.2 Å². The molecule has 2 aromatic rings. The Bertz CT molecular complexity index is 798. The second-order valence-electron chi connectivity index (χ2n) is 5.73. The highest BCUT2D eigenvalue weighted by molar-refractivity contribution is 5.89. The quantitative estimate of drug-likeness (QED) is 0.868. The fourth-order valence-electron chi connectivity index (χ4n) is 2.93. The maximum Gasteiger partial charge on any atom is 0.337 e. The van der Waals surface area contributed by atoms with Crippen LogP contribution in [0.1, 0.15) is 33.0 Å². The van der Waals surface area contributed by atoms with E-state index in [4.69, 9.17) is 4.74 Å². The lowest BCUT2D eigenvalue weighted by Crippen LogP contribution is -2.35. The smallest absolute Gasteiger partial charge is 0.337 e. The number of fused-ring (bicyclic) bond motifs is 1. The van der Waals surface area contributed by atoms with Crippen molar-refractivity contribution >= 4 is 5.97 Å². The molecule has 0 amide bonds. The van der Waals surface area contributed by atoms with E-state index in [1.165, 1.54) is 7.11 Å². The number of carbonyl (C=O) groups excluding carboxylic acids is 1. The number of hydrogen-bond acceptors (Lipinski definition) is 5. The normalized spacial score (nSPS) is 14.3. The summed E-state index contributed by atoms with van der Waals surface area (Å²) in [5, 5.41) is 0. The molecule has 0 atom stereocenters. The van der Waals surface area contributed by atoms with E-state index in [-0.39, 0.29) is 11.5 Å². The number of aryl methyl sites for hydroxylation is 1. The van der Waals surface area contributed by atoms with Crippen molar-refractivity contribution in [2.75, 3.05) is 13.7 Å². The van der Waals surface area contributed by atoms with Gasteiger partial charge in [-0.25, -0.2) is 9.78 Å². The number of aromatic amines is 1. The average molecular weight is 313 g/mol. The van der Waals surface area contributed by atoms with E-state index in [1.54, 1.807) is 13.0 Å². The summed E-state index contributed by atoms with van der Waals surface area (Å²) in [7, 11) is 1.38. The van der Waals surface area contributed by atoms with E-state index in [0.717, 1.165) is 23.4 Å². The molecule has 0 radical (unpaired) electrons. The molecule has 1 aromatic carbocycles. The predicted molar refractivity (Wildman–Crippen MR) is 85.2 cm³/mol. The number of carbonyl (C=O) groups is 1. The minimum absolute atomic E-state index is 0.0279. The van der Waals surface area contributed by atoms with E-state index in [9.17, 15) is 9.59 Å². The molecule has 6 nitrogen and oxygen atoms in total. The number of nitrogens with one attached hydrogen (secondary N) is 1. The van der Waals surface area contributed by atoms with Crippen molar-refractivity contribution in [3.05, 3.63) is 62.8 Å². The number of H-pyrrole nitrogens is 1. The van der Waals surface area contributed by atoms with Crippen LogP contribution in [-0.2, 0) is 24.2 Å². The Morgan fingerprint density at radius 3 is 3.04 bits per heavy atom. The Balaban J connectivity index is 1.77. The lowest BCUT2D eigenvalue weighted by atomic mass is 10.0. The highest BCUT2D eigenvalue weighted by atomic mass is 16.5. The molecule has 1 aromatic heterocycles. The molecule has 120 valence electrons. The van der Waals surface area contributed by atoms with Crippen molar-refractivity contribution in [2.24, 2.45) is 0 Å². The highest BCUT2D eigenvalue weighted by Crippen LogP contribution is 2.17. The minimum atomic E-state index is -0.334. The zero-order valence-electron chi connectivity index (χ0n) is 13.3. The third-order valence-electron chi connectivity index (χ3n) is 4.03. The van der Waals surface area contributed by atoms with Gasteiger partial charge in [-0.15, -0.1) is 0 Å². The number of hydrogen-bond donors (Lipinski definition) is 1. The SMILES string of the molecule is COC(=O)c1cccc(CN2CCc3c(nc(C)[nH]c3=O)C2)c1. The van der Waals surface area contributed by atoms with Crippen LogP contribution in [-0.4, -0.2) is 34.5 Å². The monoisotopic (exact) mass is 313 g/mol. The van der Waals surface area contributed by atoms with Crippen LogP contribution in [0.15, 0.2) is 29.1 Å². The molecular weight excluding hydrogens is 294 g/mol. The minimum Gasteiger partial charge on any atom is -0.465 e. The van der Waals surface area contributed by atoms with Crippen LogP contribution in [0, 0.1) is 6.92 Å². The van der Waals surface area contributed by atoms with Crippen molar-refractivity contribution in [1.82, 2.24) is 14.9 Å². The summed E-state index contributed by atoms with van der Waals surface area (Å²) in [6.07, 6.45) is 0.689. The lowest BCUT2D eigenvalue weighted by molar-refractivity contribution is 0.0600. The largest absolute Gasteiger partial charge is 0.465 e. The number of esters is 1. The highest BCUT2D eigenvalue weighted by Gasteiger charge is 2.20. The number of methoxy groups -OCH3 is 1. The standard InChI is InChI=1S/C17H19N3O3/c1-11-18-15-10-20(7-6-14(15)16(21)19-11)9-12-4-3-5-13(8-12)17(22)23-2/h3-5,8H,6-7,9-10H2,1-2H3,(H,18,19,21). The first-order chi connectivity index (χ1) is 11.1. The maximum atomic E-state index is 11.9. The first-order valence-corrected chi connectivity index (χ1v) is 7.55. The molecule has 0 fully saturated rings. The van der Waals surface area contributed by atoms with Crippen LogP contribution in [0.25, 0.3) is 0 Å². The van der Waals surface area contributed by atoms with E-state index in [2.05, 4.69) is 14.9 Å². The molecule has 2 heterocycles. The summed E-state index contributed by atoms with van der Waals surface area (Å²) < 4.78 is 4.75. The van der Waals surface area contributed by atoms with Gasteiger partial charge in [-0.3, -0.25) is 9.69 Å². The molecule has 0 saturated carbocycles. The Hall–Kier alpha value is -2.47. The molecular formula is C17H19N3O3. The number of benzene rings is 1. The summed E-state index contributed by atoms with van der Waals surface area (Å²) in [6, 6.07) is 7.42. The Labute approximate surface area is 134 Å². The Kier molecular flexibility index (Phi) is 4.25. The molecule has 3 rings (SSSR count). The Morgan fingerprint density at radius 2 is 2.26 bits per heavy atom. The predicted octanol–water partition coefficient (Wildman–Crippen LogP) is 1.42. The van der Waals surface area contributed by atoms with E-state index >= 15 is 0 Å². The van der Waals surface area contributed by atoms with Crippen LogP contribution < -0.4 is 5.56 Å². The van der Waals surface area contributed by atoms with Crippen LogP contribution in [0.2, 0.25) is 0 Å². The molecule has 23 heavy (non-hydrogen) atoms. The van der Waals surface area contributed by atoms with Gasteiger partial charge in [0.2, 0.25) is 0 Å². The number of nitrogens with zero attached hydrogens (tertiary/aromatic N) is 2. The summed E-state index contributed by atoms with van der Waals surface area (Å²) >= 11 is 0. The van der Waals surface area contributed by atoms with Crippen molar-refractivity contribution in [3.8, 4) is 0 Å². The number of aromatic nitrogens is 2. The van der Waals surface area contributed by atoms with Crippen LogP contribution in [0.5, 0.6) is 0 Å². The number of rotatable bonds is 3. The van der Waals surface area contributed by atoms with Crippen molar-refractivity contribution in [1.29, 1.82) is 0 Å². The molecule has 1 aliphatic heterocycles. The van der Waals surface area contributed by atoms with Gasteiger partial charge >= 0.3 is 5.97 Å². The summed E-state index contributed by atoms with van der Waals surface area (Å²) in [5.41, 5.74) is 3.20. The third-order valence-corrected chi connectivity index (χ3v) is 4.03. The second kappa shape index (κ2) is 6.34. The summed E-state index contributed by atoms with van der Waals surface area (Å²) in [5.74, 6) is 0.308. The summed E-state index contributed by atoms with van der Waals surface area (Å²) in [4.78, 5) is 33.0. The fraction of sp³-hybridized carbons (Fsp3) is 0.353. The second-order valence-corrected chi connectivity index (χ2v) is 5.73. The average Bonchev–Trinajstić information content (AvgIpc) is 2.54. The molecule has 0 saturated heterocycles. The maximum absolute atomic E-state index is 11.9. The first-order valence-electron chi connectivity index (χ1n) is 7.55. The van der Waals surface area contributed by atoms with Gasteiger partial charge in [0.1, 0.15) is 5.82 Å². The van der Waals surface area contributed by atoms with Gasteiger partial charge in [0.15, 0.2) is 0 Å². The van der Waals surface area contributed by atoms with Gasteiger partial charge < -0.3 is 9.72 Å². The van der Waals surface area contributed by atoms with Crippen molar-refractivity contribution < 1.29 is 9.53 Å². The topological polar surface area (TPSA) is 75.3 Å². The van der Waals surface area contributed by atoms with Crippen LogP contribution in [0.4, 0.5) is 0 Å². The van der Waals surface area contributed by atoms with E-state index in [0.29, 0.717) is 30.9 Å². The lowest BCUT2D eigenvalue weighted by Gasteiger charge is -2.27. The fourth-order valence-corrected chi connectivity index (χ4v) is 2.93. The van der Waals surface area contributed by atoms with Gasteiger partial charge in [0.05, 0.1) is 18.4 Å². The zero-order chi connectivity index (χ0) is 16.4. The molecule has 0 spiro atoms.